The molecule has 0 bridgehead atoms. The van der Waals surface area contributed by atoms with Crippen LogP contribution in [-0.4, -0.2) is 19.1 Å². The van der Waals surface area contributed by atoms with Gasteiger partial charge in [0.2, 0.25) is 0 Å². The molecule has 4 N–H and O–H groups in total. The number of hydrogen-bond donors (Lipinski definition) is 2. The molecule has 0 amide bonds. The first kappa shape index (κ1) is 10.8. The van der Waals surface area contributed by atoms with Crippen LogP contribution >= 0.6 is 15.9 Å². The summed E-state index contributed by atoms with van der Waals surface area (Å²) in [6.07, 6.45) is 0. The first-order chi connectivity index (χ1) is 6.70. The Morgan fingerprint density at radius 2 is 2.07 bits per heavy atom. The SMILES string of the molecule is NC(N)=NCCOc1ccccc1Br. The van der Waals surface area contributed by atoms with E-state index in [0.717, 1.165) is 10.2 Å². The Hall–Kier alpha value is -1.23. The average molecular weight is 258 g/mol. The van der Waals surface area contributed by atoms with Gasteiger partial charge in [-0.3, -0.25) is 4.99 Å². The van der Waals surface area contributed by atoms with Crippen LogP contribution < -0.4 is 16.2 Å². The zero-order valence-corrected chi connectivity index (χ0v) is 9.20. The number of nitrogens with two attached hydrogens (primary N) is 2. The Morgan fingerprint density at radius 1 is 1.36 bits per heavy atom. The van der Waals surface area contributed by atoms with Gasteiger partial charge >= 0.3 is 0 Å². The lowest BCUT2D eigenvalue weighted by atomic mass is 10.3. The summed E-state index contributed by atoms with van der Waals surface area (Å²) in [5.41, 5.74) is 10.3. The quantitative estimate of drug-likeness (QED) is 0.482. The molecular formula is C9H12BrN3O. The molecule has 1 aromatic carbocycles. The van der Waals surface area contributed by atoms with E-state index in [1.54, 1.807) is 0 Å². The molecule has 0 unspecified atom stereocenters. The van der Waals surface area contributed by atoms with Crippen molar-refractivity contribution in [1.82, 2.24) is 0 Å². The monoisotopic (exact) mass is 257 g/mol. The van der Waals surface area contributed by atoms with Crippen LogP contribution in [0.4, 0.5) is 0 Å². The van der Waals surface area contributed by atoms with Crippen LogP contribution in [0, 0.1) is 0 Å². The predicted molar refractivity (Wildman–Crippen MR) is 60.3 cm³/mol. The maximum Gasteiger partial charge on any atom is 0.186 e. The predicted octanol–water partition coefficient (Wildman–Crippen LogP) is 1.10. The third kappa shape index (κ3) is 3.66. The number of nitrogens with zero attached hydrogens (tertiary/aromatic N) is 1. The Labute approximate surface area is 91.1 Å². The molecule has 76 valence electrons. The van der Waals surface area contributed by atoms with E-state index in [1.807, 2.05) is 24.3 Å². The number of benzene rings is 1. The molecule has 1 aromatic rings. The lowest BCUT2D eigenvalue weighted by Crippen LogP contribution is -2.23. The lowest BCUT2D eigenvalue weighted by molar-refractivity contribution is 0.326. The molecule has 0 heterocycles. The summed E-state index contributed by atoms with van der Waals surface area (Å²) < 4.78 is 6.34. The van der Waals surface area contributed by atoms with E-state index in [0.29, 0.717) is 13.2 Å². The molecule has 0 aliphatic rings. The van der Waals surface area contributed by atoms with Crippen molar-refractivity contribution < 1.29 is 4.74 Å². The fraction of sp³-hybridized carbons (Fsp3) is 0.222. The molecule has 0 fully saturated rings. The van der Waals surface area contributed by atoms with Gasteiger partial charge in [0, 0.05) is 0 Å². The fourth-order valence-corrected chi connectivity index (χ4v) is 1.29. The standard InChI is InChI=1S/C9H12BrN3O/c10-7-3-1-2-4-8(7)14-6-5-13-9(11)12/h1-4H,5-6H2,(H4,11,12,13). The van der Waals surface area contributed by atoms with Crippen LogP contribution in [0.15, 0.2) is 33.7 Å². The molecule has 14 heavy (non-hydrogen) atoms. The molecule has 0 saturated heterocycles. The summed E-state index contributed by atoms with van der Waals surface area (Å²) in [6.45, 7) is 0.921. The van der Waals surface area contributed by atoms with Crippen LogP contribution in [0.25, 0.3) is 0 Å². The summed E-state index contributed by atoms with van der Waals surface area (Å²) in [5, 5.41) is 0. The Bertz CT molecular complexity index is 324. The maximum absolute atomic E-state index is 5.42. The summed E-state index contributed by atoms with van der Waals surface area (Å²) in [7, 11) is 0. The van der Waals surface area contributed by atoms with Crippen LogP contribution in [0.1, 0.15) is 0 Å². The first-order valence-corrected chi connectivity index (χ1v) is 4.92. The highest BCUT2D eigenvalue weighted by atomic mass is 79.9. The number of hydrogen-bond acceptors (Lipinski definition) is 2. The molecular weight excluding hydrogens is 246 g/mol. The maximum atomic E-state index is 5.42. The molecule has 0 atom stereocenters. The molecule has 1 rings (SSSR count). The second kappa shape index (κ2) is 5.49. The highest BCUT2D eigenvalue weighted by Crippen LogP contribution is 2.23. The fourth-order valence-electron chi connectivity index (χ4n) is 0.892. The van der Waals surface area contributed by atoms with E-state index in [9.17, 15) is 0 Å². The summed E-state index contributed by atoms with van der Waals surface area (Å²) in [5.74, 6) is 0.874. The van der Waals surface area contributed by atoms with Gasteiger partial charge in [-0.25, -0.2) is 0 Å². The number of para-hydroxylation sites is 1. The normalized spacial score (nSPS) is 9.50. The number of guanidine groups is 1. The second-order valence-corrected chi connectivity index (χ2v) is 3.44. The molecule has 0 spiro atoms. The first-order valence-electron chi connectivity index (χ1n) is 4.13. The average Bonchev–Trinajstić information content (AvgIpc) is 2.15. The van der Waals surface area contributed by atoms with E-state index >= 15 is 0 Å². The van der Waals surface area contributed by atoms with Crippen LogP contribution in [0.5, 0.6) is 5.75 Å². The third-order valence-electron chi connectivity index (χ3n) is 1.48. The van der Waals surface area contributed by atoms with Crippen LogP contribution in [-0.2, 0) is 0 Å². The Balaban J connectivity index is 2.39. The van der Waals surface area contributed by atoms with Gasteiger partial charge in [0.25, 0.3) is 0 Å². The van der Waals surface area contributed by atoms with Crippen LogP contribution in [0.3, 0.4) is 0 Å². The van der Waals surface area contributed by atoms with Gasteiger partial charge in [-0.15, -0.1) is 0 Å². The molecule has 0 aliphatic heterocycles. The van der Waals surface area contributed by atoms with Gasteiger partial charge in [0.05, 0.1) is 11.0 Å². The molecule has 0 aromatic heterocycles. The number of aliphatic imine (C=N–C) groups is 1. The molecule has 0 saturated carbocycles. The van der Waals surface area contributed by atoms with E-state index < -0.39 is 0 Å². The smallest absolute Gasteiger partial charge is 0.186 e. The zero-order valence-electron chi connectivity index (χ0n) is 7.61. The number of halogens is 1. The lowest BCUT2D eigenvalue weighted by Gasteiger charge is -2.05. The van der Waals surface area contributed by atoms with E-state index in [-0.39, 0.29) is 5.96 Å². The van der Waals surface area contributed by atoms with Crippen molar-refractivity contribution >= 4 is 21.9 Å². The van der Waals surface area contributed by atoms with Gasteiger partial charge < -0.3 is 16.2 Å². The van der Waals surface area contributed by atoms with Gasteiger partial charge in [-0.2, -0.15) is 0 Å². The van der Waals surface area contributed by atoms with Crippen molar-refractivity contribution in [1.29, 1.82) is 0 Å². The number of ether oxygens (including phenoxy) is 1. The van der Waals surface area contributed by atoms with Crippen molar-refractivity contribution in [3.8, 4) is 5.75 Å². The van der Waals surface area contributed by atoms with E-state index in [2.05, 4.69) is 20.9 Å². The minimum atomic E-state index is 0.0840. The van der Waals surface area contributed by atoms with Gasteiger partial charge in [0.1, 0.15) is 12.4 Å². The molecule has 4 nitrogen and oxygen atoms in total. The Kier molecular flexibility index (Phi) is 4.25. The van der Waals surface area contributed by atoms with Gasteiger partial charge in [0.15, 0.2) is 5.96 Å². The summed E-state index contributed by atoms with van der Waals surface area (Å²) >= 11 is 3.37. The number of rotatable bonds is 4. The van der Waals surface area contributed by atoms with E-state index in [1.165, 1.54) is 0 Å². The summed E-state index contributed by atoms with van der Waals surface area (Å²) in [4.78, 5) is 3.80. The summed E-state index contributed by atoms with van der Waals surface area (Å²) in [6, 6.07) is 7.61. The highest BCUT2D eigenvalue weighted by Gasteiger charge is 1.97. The van der Waals surface area contributed by atoms with Crippen molar-refractivity contribution in [3.63, 3.8) is 0 Å². The third-order valence-corrected chi connectivity index (χ3v) is 2.14. The van der Waals surface area contributed by atoms with Crippen molar-refractivity contribution in [2.45, 2.75) is 0 Å². The second-order valence-electron chi connectivity index (χ2n) is 2.59. The van der Waals surface area contributed by atoms with Crippen molar-refractivity contribution in [3.05, 3.63) is 28.7 Å². The topological polar surface area (TPSA) is 73.6 Å². The van der Waals surface area contributed by atoms with Crippen LogP contribution in [0.2, 0.25) is 0 Å². The zero-order chi connectivity index (χ0) is 10.4. The highest BCUT2D eigenvalue weighted by molar-refractivity contribution is 9.10. The minimum absolute atomic E-state index is 0.0840. The largest absolute Gasteiger partial charge is 0.490 e. The van der Waals surface area contributed by atoms with Crippen molar-refractivity contribution in [2.75, 3.05) is 13.2 Å². The molecule has 5 heteroatoms. The molecule has 0 radical (unpaired) electrons. The van der Waals surface area contributed by atoms with E-state index in [4.69, 9.17) is 16.2 Å². The van der Waals surface area contributed by atoms with Crippen molar-refractivity contribution in [2.24, 2.45) is 16.5 Å². The minimum Gasteiger partial charge on any atom is -0.490 e. The van der Waals surface area contributed by atoms with Gasteiger partial charge in [-0.05, 0) is 28.1 Å². The Morgan fingerprint density at radius 3 is 2.71 bits per heavy atom. The molecule has 0 aliphatic carbocycles. The van der Waals surface area contributed by atoms with Gasteiger partial charge in [-0.1, -0.05) is 12.1 Å².